The monoisotopic (exact) mass is 392 g/mol. The number of carbonyl (C=O) groups is 1. The van der Waals surface area contributed by atoms with Gasteiger partial charge in [0.25, 0.3) is 5.91 Å². The Balaban J connectivity index is 2.07. The molecular formula is C24H28N2O3. The van der Waals surface area contributed by atoms with Gasteiger partial charge in [0.15, 0.2) is 5.43 Å². The third-order valence-electron chi connectivity index (χ3n) is 5.37. The van der Waals surface area contributed by atoms with Crippen molar-refractivity contribution in [3.8, 4) is 0 Å². The van der Waals surface area contributed by atoms with Crippen LogP contribution >= 0.6 is 0 Å². The molecule has 0 unspecified atom stereocenters. The minimum atomic E-state index is -0.358. The highest BCUT2D eigenvalue weighted by Crippen LogP contribution is 2.21. The van der Waals surface area contributed by atoms with Crippen molar-refractivity contribution in [2.75, 3.05) is 5.32 Å². The quantitative estimate of drug-likeness (QED) is 0.615. The number of amides is 1. The summed E-state index contributed by atoms with van der Waals surface area (Å²) < 4.78 is 7.53. The highest BCUT2D eigenvalue weighted by atomic mass is 16.3. The molecular weight excluding hydrogens is 364 g/mol. The van der Waals surface area contributed by atoms with Crippen molar-refractivity contribution in [2.24, 2.45) is 0 Å². The second-order valence-corrected chi connectivity index (χ2v) is 7.44. The lowest BCUT2D eigenvalue weighted by Gasteiger charge is -2.20. The van der Waals surface area contributed by atoms with Gasteiger partial charge in [0.2, 0.25) is 0 Å². The van der Waals surface area contributed by atoms with Crippen molar-refractivity contribution in [3.05, 3.63) is 86.7 Å². The first-order valence-corrected chi connectivity index (χ1v) is 10.1. The summed E-state index contributed by atoms with van der Waals surface area (Å²) in [6, 6.07) is 11.0. The maximum atomic E-state index is 13.2. The minimum Gasteiger partial charge on any atom is -0.467 e. The summed E-state index contributed by atoms with van der Waals surface area (Å²) in [5, 5.41) is 2.95. The molecule has 0 atom stereocenters. The van der Waals surface area contributed by atoms with E-state index in [1.54, 1.807) is 6.26 Å². The molecule has 0 saturated heterocycles. The number of furan rings is 1. The van der Waals surface area contributed by atoms with Crippen molar-refractivity contribution in [3.63, 3.8) is 0 Å². The molecule has 1 amide bonds. The summed E-state index contributed by atoms with van der Waals surface area (Å²) in [5.74, 6) is 0.429. The fraction of sp³-hybridized carbons (Fsp3) is 0.333. The van der Waals surface area contributed by atoms with Crippen LogP contribution in [0.15, 0.2) is 51.9 Å². The van der Waals surface area contributed by atoms with E-state index in [9.17, 15) is 9.59 Å². The highest BCUT2D eigenvalue weighted by Gasteiger charge is 2.21. The Morgan fingerprint density at radius 2 is 1.93 bits per heavy atom. The highest BCUT2D eigenvalue weighted by molar-refractivity contribution is 6.05. The molecule has 2 heterocycles. The molecule has 3 aromatic rings. The number of anilines is 1. The number of hydrogen-bond donors (Lipinski definition) is 1. The standard InChI is InChI=1S/C24H28N2O3/c1-5-6-12-21-23(24(28)25-20-11-7-9-16(2)18(20)4)22(27)14-17(3)26(21)15-19-10-8-13-29-19/h7-11,13-14H,5-6,12,15H2,1-4H3,(H,25,28). The average molecular weight is 392 g/mol. The zero-order chi connectivity index (χ0) is 21.0. The van der Waals surface area contributed by atoms with E-state index in [1.165, 1.54) is 6.07 Å². The van der Waals surface area contributed by atoms with E-state index in [2.05, 4.69) is 12.2 Å². The first-order valence-electron chi connectivity index (χ1n) is 10.1. The Kier molecular flexibility index (Phi) is 6.37. The number of carbonyl (C=O) groups excluding carboxylic acids is 1. The molecule has 0 spiro atoms. The number of pyridine rings is 1. The number of nitrogens with zero attached hydrogens (tertiary/aromatic N) is 1. The average Bonchev–Trinajstić information content (AvgIpc) is 3.19. The van der Waals surface area contributed by atoms with Crippen LogP contribution in [0.25, 0.3) is 0 Å². The van der Waals surface area contributed by atoms with Gasteiger partial charge in [-0.15, -0.1) is 0 Å². The van der Waals surface area contributed by atoms with Gasteiger partial charge in [-0.3, -0.25) is 9.59 Å². The maximum absolute atomic E-state index is 13.2. The van der Waals surface area contributed by atoms with Gasteiger partial charge in [0.05, 0.1) is 12.8 Å². The molecule has 0 bridgehead atoms. The molecule has 0 aliphatic heterocycles. The lowest BCUT2D eigenvalue weighted by Crippen LogP contribution is -2.29. The van der Waals surface area contributed by atoms with Gasteiger partial charge < -0.3 is 14.3 Å². The summed E-state index contributed by atoms with van der Waals surface area (Å²) in [4.78, 5) is 26.1. The topological polar surface area (TPSA) is 64.2 Å². The van der Waals surface area contributed by atoms with Crippen molar-refractivity contribution in [2.45, 2.75) is 53.5 Å². The molecule has 152 valence electrons. The molecule has 0 aliphatic rings. The van der Waals surface area contributed by atoms with Gasteiger partial charge in [-0.25, -0.2) is 0 Å². The minimum absolute atomic E-state index is 0.219. The first-order chi connectivity index (χ1) is 13.9. The molecule has 5 heteroatoms. The molecule has 0 saturated carbocycles. The fourth-order valence-electron chi connectivity index (χ4n) is 3.53. The van der Waals surface area contributed by atoms with E-state index in [0.29, 0.717) is 13.0 Å². The maximum Gasteiger partial charge on any atom is 0.261 e. The predicted molar refractivity (Wildman–Crippen MR) is 116 cm³/mol. The molecule has 5 nitrogen and oxygen atoms in total. The molecule has 2 aromatic heterocycles. The lowest BCUT2D eigenvalue weighted by molar-refractivity contribution is 0.102. The largest absolute Gasteiger partial charge is 0.467 e. The Bertz CT molecular complexity index is 1060. The van der Waals surface area contributed by atoms with E-state index >= 15 is 0 Å². The van der Waals surface area contributed by atoms with Crippen molar-refractivity contribution in [1.82, 2.24) is 4.57 Å². The van der Waals surface area contributed by atoms with Crippen LogP contribution in [-0.2, 0) is 13.0 Å². The van der Waals surface area contributed by atoms with Crippen LogP contribution in [0.2, 0.25) is 0 Å². The van der Waals surface area contributed by atoms with Gasteiger partial charge in [0, 0.05) is 23.1 Å². The van der Waals surface area contributed by atoms with Gasteiger partial charge in [-0.05, 0) is 62.9 Å². The molecule has 1 aromatic carbocycles. The van der Waals surface area contributed by atoms with Gasteiger partial charge in [-0.2, -0.15) is 0 Å². The van der Waals surface area contributed by atoms with Gasteiger partial charge in [-0.1, -0.05) is 25.5 Å². The van der Waals surface area contributed by atoms with Crippen LogP contribution in [0.1, 0.15) is 58.4 Å². The zero-order valence-electron chi connectivity index (χ0n) is 17.5. The van der Waals surface area contributed by atoms with Crippen LogP contribution in [0.4, 0.5) is 5.69 Å². The molecule has 1 N–H and O–H groups in total. The summed E-state index contributed by atoms with van der Waals surface area (Å²) in [6.45, 7) is 8.45. The van der Waals surface area contributed by atoms with E-state index in [1.807, 2.05) is 55.7 Å². The summed E-state index contributed by atoms with van der Waals surface area (Å²) >= 11 is 0. The Hall–Kier alpha value is -3.08. The van der Waals surface area contributed by atoms with Gasteiger partial charge in [0.1, 0.15) is 11.3 Å². The molecule has 0 fully saturated rings. The third-order valence-corrected chi connectivity index (χ3v) is 5.37. The number of rotatable bonds is 7. The van der Waals surface area contributed by atoms with Crippen molar-refractivity contribution >= 4 is 11.6 Å². The predicted octanol–water partition coefficient (Wildman–Crippen LogP) is 5.01. The van der Waals surface area contributed by atoms with E-state index in [-0.39, 0.29) is 16.9 Å². The number of aromatic nitrogens is 1. The normalized spacial score (nSPS) is 10.9. The number of unbranched alkanes of at least 4 members (excludes halogenated alkanes) is 1. The van der Waals surface area contributed by atoms with Crippen LogP contribution < -0.4 is 10.7 Å². The van der Waals surface area contributed by atoms with E-state index in [0.717, 1.165) is 46.8 Å². The Morgan fingerprint density at radius 1 is 1.14 bits per heavy atom. The lowest BCUT2D eigenvalue weighted by atomic mass is 10.0. The van der Waals surface area contributed by atoms with Crippen LogP contribution in [0.5, 0.6) is 0 Å². The molecule has 3 rings (SSSR count). The van der Waals surface area contributed by atoms with Crippen molar-refractivity contribution in [1.29, 1.82) is 0 Å². The smallest absolute Gasteiger partial charge is 0.261 e. The Morgan fingerprint density at radius 3 is 2.62 bits per heavy atom. The van der Waals surface area contributed by atoms with E-state index in [4.69, 9.17) is 4.42 Å². The molecule has 0 aliphatic carbocycles. The number of benzene rings is 1. The van der Waals surface area contributed by atoms with Crippen LogP contribution in [0, 0.1) is 20.8 Å². The Labute approximate surface area is 171 Å². The first kappa shape index (κ1) is 20.6. The van der Waals surface area contributed by atoms with Crippen LogP contribution in [-0.4, -0.2) is 10.5 Å². The van der Waals surface area contributed by atoms with Crippen LogP contribution in [0.3, 0.4) is 0 Å². The number of nitrogens with one attached hydrogen (secondary N) is 1. The third kappa shape index (κ3) is 4.50. The van der Waals surface area contributed by atoms with Gasteiger partial charge >= 0.3 is 0 Å². The van der Waals surface area contributed by atoms with Crippen molar-refractivity contribution < 1.29 is 9.21 Å². The molecule has 29 heavy (non-hydrogen) atoms. The summed E-state index contributed by atoms with van der Waals surface area (Å²) in [5.41, 5.74) is 4.38. The van der Waals surface area contributed by atoms with E-state index < -0.39 is 0 Å². The summed E-state index contributed by atoms with van der Waals surface area (Å²) in [7, 11) is 0. The number of hydrogen-bond acceptors (Lipinski definition) is 3. The summed E-state index contributed by atoms with van der Waals surface area (Å²) in [6.07, 6.45) is 4.16. The second-order valence-electron chi connectivity index (χ2n) is 7.44. The molecule has 0 radical (unpaired) electrons. The second kappa shape index (κ2) is 8.95. The number of aryl methyl sites for hydroxylation is 2. The fourth-order valence-corrected chi connectivity index (χ4v) is 3.53. The zero-order valence-corrected chi connectivity index (χ0v) is 17.5. The SMILES string of the molecule is CCCCc1c(C(=O)Nc2cccc(C)c2C)c(=O)cc(C)n1Cc1ccco1.